The number of likely N-dealkylation sites (tertiary alicyclic amines) is 1. The van der Waals surface area contributed by atoms with Crippen molar-refractivity contribution >= 4 is 17.2 Å². The fourth-order valence-corrected chi connectivity index (χ4v) is 4.31. The van der Waals surface area contributed by atoms with Crippen LogP contribution in [0.4, 0.5) is 0 Å². The maximum Gasteiger partial charge on any atom is 0.223 e. The van der Waals surface area contributed by atoms with Crippen LogP contribution < -0.4 is 5.32 Å². The molecule has 1 saturated carbocycles. The number of thiophene rings is 1. The fraction of sp³-hybridized carbons (Fsp3) is 0.722. The van der Waals surface area contributed by atoms with Gasteiger partial charge < -0.3 is 10.1 Å². The second kappa shape index (κ2) is 7.32. The van der Waals surface area contributed by atoms with Crippen molar-refractivity contribution in [1.82, 2.24) is 10.2 Å². The van der Waals surface area contributed by atoms with Crippen LogP contribution in [0.1, 0.15) is 41.9 Å². The standard InChI is InChI=1S/C18H28N2O2S/c1-14-3-6-16(23-14)13-20-10-7-18(8-11-20,9-12-22-2)19-17(21)15-4-5-15/h3,6,15H,4-5,7-13H2,1-2H3,(H,19,21). The average Bonchev–Trinajstić information content (AvgIpc) is 3.32. The zero-order chi connectivity index (χ0) is 16.3. The summed E-state index contributed by atoms with van der Waals surface area (Å²) in [5.41, 5.74) is -0.0580. The molecule has 2 heterocycles. The topological polar surface area (TPSA) is 41.6 Å². The van der Waals surface area contributed by atoms with Gasteiger partial charge in [-0.05, 0) is 51.2 Å². The van der Waals surface area contributed by atoms with E-state index in [0.29, 0.717) is 0 Å². The van der Waals surface area contributed by atoms with Gasteiger partial charge in [0.05, 0.1) is 0 Å². The number of aryl methyl sites for hydroxylation is 1. The predicted octanol–water partition coefficient (Wildman–Crippen LogP) is 2.95. The van der Waals surface area contributed by atoms with Crippen molar-refractivity contribution in [2.24, 2.45) is 5.92 Å². The molecule has 1 aliphatic heterocycles. The van der Waals surface area contributed by atoms with E-state index in [0.717, 1.165) is 58.3 Å². The minimum atomic E-state index is -0.0580. The molecule has 1 amide bonds. The molecule has 0 bridgehead atoms. The van der Waals surface area contributed by atoms with E-state index in [2.05, 4.69) is 29.3 Å². The molecule has 1 N–H and O–H groups in total. The molecule has 1 aromatic rings. The van der Waals surface area contributed by atoms with Gasteiger partial charge >= 0.3 is 0 Å². The van der Waals surface area contributed by atoms with Crippen LogP contribution in [0.2, 0.25) is 0 Å². The van der Waals surface area contributed by atoms with Crippen molar-refractivity contribution < 1.29 is 9.53 Å². The first-order valence-electron chi connectivity index (χ1n) is 8.69. The Hall–Kier alpha value is -0.910. The molecule has 23 heavy (non-hydrogen) atoms. The van der Waals surface area contributed by atoms with Crippen molar-refractivity contribution in [1.29, 1.82) is 0 Å². The van der Waals surface area contributed by atoms with E-state index in [1.54, 1.807) is 7.11 Å². The first kappa shape index (κ1) is 16.9. The molecular formula is C18H28N2O2S. The lowest BCUT2D eigenvalue weighted by atomic mass is 9.84. The number of piperidine rings is 1. The Kier molecular flexibility index (Phi) is 5.39. The Morgan fingerprint density at radius 2 is 2.13 bits per heavy atom. The third-order valence-electron chi connectivity index (χ3n) is 5.11. The van der Waals surface area contributed by atoms with Gasteiger partial charge in [0.15, 0.2) is 0 Å². The third kappa shape index (κ3) is 4.55. The second-order valence-corrected chi connectivity index (χ2v) is 8.45. The summed E-state index contributed by atoms with van der Waals surface area (Å²) < 4.78 is 5.29. The number of carbonyl (C=O) groups is 1. The van der Waals surface area contributed by atoms with Gasteiger partial charge in [-0.3, -0.25) is 9.69 Å². The van der Waals surface area contributed by atoms with E-state index in [1.807, 2.05) is 11.3 Å². The molecule has 0 spiro atoms. The largest absolute Gasteiger partial charge is 0.385 e. The van der Waals surface area contributed by atoms with E-state index in [1.165, 1.54) is 9.75 Å². The molecule has 0 atom stereocenters. The highest BCUT2D eigenvalue weighted by Gasteiger charge is 2.39. The molecule has 2 aliphatic rings. The molecular weight excluding hydrogens is 308 g/mol. The number of ether oxygens (including phenoxy) is 1. The van der Waals surface area contributed by atoms with Gasteiger partial charge in [-0.1, -0.05) is 0 Å². The highest BCUT2D eigenvalue weighted by molar-refractivity contribution is 7.11. The first-order valence-corrected chi connectivity index (χ1v) is 9.50. The molecule has 0 aromatic carbocycles. The van der Waals surface area contributed by atoms with Crippen LogP contribution in [0, 0.1) is 12.8 Å². The molecule has 128 valence electrons. The number of carbonyl (C=O) groups excluding carboxylic acids is 1. The van der Waals surface area contributed by atoms with Gasteiger partial charge in [-0.2, -0.15) is 0 Å². The van der Waals surface area contributed by atoms with Crippen LogP contribution in [0.3, 0.4) is 0 Å². The van der Waals surface area contributed by atoms with Crippen LogP contribution in [0.25, 0.3) is 0 Å². The lowest BCUT2D eigenvalue weighted by Gasteiger charge is -2.42. The minimum absolute atomic E-state index is 0.0580. The second-order valence-electron chi connectivity index (χ2n) is 7.08. The van der Waals surface area contributed by atoms with Gasteiger partial charge in [0.25, 0.3) is 0 Å². The lowest BCUT2D eigenvalue weighted by Crippen LogP contribution is -2.56. The monoisotopic (exact) mass is 336 g/mol. The van der Waals surface area contributed by atoms with Crippen molar-refractivity contribution in [2.45, 2.75) is 51.1 Å². The summed E-state index contributed by atoms with van der Waals surface area (Å²) in [6.45, 7) is 6.01. The smallest absolute Gasteiger partial charge is 0.223 e. The van der Waals surface area contributed by atoms with E-state index < -0.39 is 0 Å². The van der Waals surface area contributed by atoms with E-state index in [9.17, 15) is 4.79 Å². The molecule has 1 aromatic heterocycles. The van der Waals surface area contributed by atoms with Crippen LogP contribution in [0.5, 0.6) is 0 Å². The van der Waals surface area contributed by atoms with E-state index in [4.69, 9.17) is 4.74 Å². The highest BCUT2D eigenvalue weighted by Crippen LogP contribution is 2.33. The Bertz CT molecular complexity index is 531. The maximum atomic E-state index is 12.3. The molecule has 4 nitrogen and oxygen atoms in total. The SMILES string of the molecule is COCCC1(NC(=O)C2CC2)CCN(Cc2ccc(C)s2)CC1. The van der Waals surface area contributed by atoms with Gasteiger partial charge in [-0.15, -0.1) is 11.3 Å². The van der Waals surface area contributed by atoms with Gasteiger partial charge in [0, 0.05) is 54.6 Å². The molecule has 0 radical (unpaired) electrons. The summed E-state index contributed by atoms with van der Waals surface area (Å²) in [5, 5.41) is 3.37. The van der Waals surface area contributed by atoms with Crippen LogP contribution in [-0.2, 0) is 16.1 Å². The number of nitrogens with one attached hydrogen (secondary N) is 1. The summed E-state index contributed by atoms with van der Waals surface area (Å²) in [5.74, 6) is 0.546. The molecule has 3 rings (SSSR count). The number of methoxy groups -OCH3 is 1. The fourth-order valence-electron chi connectivity index (χ4n) is 3.37. The van der Waals surface area contributed by atoms with Gasteiger partial charge in [-0.25, -0.2) is 0 Å². The maximum absolute atomic E-state index is 12.3. The summed E-state index contributed by atoms with van der Waals surface area (Å²) in [4.78, 5) is 17.6. The number of hydrogen-bond acceptors (Lipinski definition) is 4. The average molecular weight is 337 g/mol. The van der Waals surface area contributed by atoms with E-state index in [-0.39, 0.29) is 17.4 Å². The molecule has 1 saturated heterocycles. The molecule has 1 aliphatic carbocycles. The molecule has 5 heteroatoms. The number of amides is 1. The van der Waals surface area contributed by atoms with E-state index >= 15 is 0 Å². The molecule has 0 unspecified atom stereocenters. The predicted molar refractivity (Wildman–Crippen MR) is 93.7 cm³/mol. The summed E-state index contributed by atoms with van der Waals surface area (Å²) >= 11 is 1.89. The lowest BCUT2D eigenvalue weighted by molar-refractivity contribution is -0.125. The summed E-state index contributed by atoms with van der Waals surface area (Å²) in [6.07, 6.45) is 5.11. The number of nitrogens with zero attached hydrogens (tertiary/aromatic N) is 1. The number of hydrogen-bond donors (Lipinski definition) is 1. The Balaban J connectivity index is 1.56. The third-order valence-corrected chi connectivity index (χ3v) is 6.10. The van der Waals surface area contributed by atoms with Crippen LogP contribution in [-0.4, -0.2) is 43.2 Å². The van der Waals surface area contributed by atoms with Gasteiger partial charge in [0.1, 0.15) is 0 Å². The van der Waals surface area contributed by atoms with Crippen molar-refractivity contribution in [2.75, 3.05) is 26.8 Å². The van der Waals surface area contributed by atoms with Crippen LogP contribution >= 0.6 is 11.3 Å². The Labute approximate surface area is 143 Å². The Morgan fingerprint density at radius 3 is 2.70 bits per heavy atom. The Morgan fingerprint density at radius 1 is 1.39 bits per heavy atom. The summed E-state index contributed by atoms with van der Waals surface area (Å²) in [7, 11) is 1.74. The molecule has 2 fully saturated rings. The zero-order valence-electron chi connectivity index (χ0n) is 14.3. The van der Waals surface area contributed by atoms with Crippen molar-refractivity contribution in [3.8, 4) is 0 Å². The first-order chi connectivity index (χ1) is 11.1. The van der Waals surface area contributed by atoms with Gasteiger partial charge in [0.2, 0.25) is 5.91 Å². The van der Waals surface area contributed by atoms with Crippen molar-refractivity contribution in [3.05, 3.63) is 21.9 Å². The minimum Gasteiger partial charge on any atom is -0.385 e. The summed E-state index contributed by atoms with van der Waals surface area (Å²) in [6, 6.07) is 4.43. The van der Waals surface area contributed by atoms with Crippen molar-refractivity contribution in [3.63, 3.8) is 0 Å². The zero-order valence-corrected chi connectivity index (χ0v) is 15.1. The highest BCUT2D eigenvalue weighted by atomic mass is 32.1. The normalized spacial score (nSPS) is 21.3. The quantitative estimate of drug-likeness (QED) is 0.832. The number of rotatable bonds is 7. The van der Waals surface area contributed by atoms with Crippen LogP contribution in [0.15, 0.2) is 12.1 Å².